The molecule has 1 aromatic carbocycles. The molecular weight excluding hydrogens is 398 g/mol. The molecule has 0 unspecified atom stereocenters. The summed E-state index contributed by atoms with van der Waals surface area (Å²) in [6, 6.07) is 4.96. The van der Waals surface area contributed by atoms with Crippen LogP contribution in [0.2, 0.25) is 0 Å². The quantitative estimate of drug-likeness (QED) is 0.483. The second-order valence-electron chi connectivity index (χ2n) is 6.99. The van der Waals surface area contributed by atoms with E-state index in [1.807, 2.05) is 6.92 Å². The summed E-state index contributed by atoms with van der Waals surface area (Å²) in [5.41, 5.74) is 0.737. The number of fused-ring (bicyclic) bond motifs is 1. The molecule has 3 rings (SSSR count). The topological polar surface area (TPSA) is 99.2 Å². The summed E-state index contributed by atoms with van der Waals surface area (Å²) in [6.07, 6.45) is 3.92. The fourth-order valence-electron chi connectivity index (χ4n) is 3.36. The third-order valence-electron chi connectivity index (χ3n) is 4.75. The molecule has 8 nitrogen and oxygen atoms in total. The van der Waals surface area contributed by atoms with Crippen molar-refractivity contribution in [1.29, 1.82) is 0 Å². The Hall–Kier alpha value is -2.55. The van der Waals surface area contributed by atoms with Gasteiger partial charge in [0.15, 0.2) is 27.9 Å². The molecule has 0 saturated carbocycles. The fraction of sp³-hybridized carbons (Fsp3) is 0.500. The van der Waals surface area contributed by atoms with Crippen molar-refractivity contribution in [1.82, 2.24) is 4.90 Å². The van der Waals surface area contributed by atoms with E-state index in [0.717, 1.165) is 5.56 Å². The van der Waals surface area contributed by atoms with Crippen LogP contribution in [0.25, 0.3) is 6.08 Å². The molecule has 9 heteroatoms. The lowest BCUT2D eigenvalue weighted by Gasteiger charge is -2.27. The van der Waals surface area contributed by atoms with Crippen LogP contribution in [0.4, 0.5) is 0 Å². The molecular formula is C20H25NO7S. The number of esters is 1. The van der Waals surface area contributed by atoms with E-state index >= 15 is 0 Å². The summed E-state index contributed by atoms with van der Waals surface area (Å²) in [4.78, 5) is 26.0. The van der Waals surface area contributed by atoms with Gasteiger partial charge >= 0.3 is 5.97 Å². The normalized spacial score (nSPS) is 19.8. The number of carbonyl (C=O) groups excluding carboxylic acids is 2. The van der Waals surface area contributed by atoms with Crippen molar-refractivity contribution in [2.24, 2.45) is 0 Å². The highest BCUT2D eigenvalue weighted by atomic mass is 32.2. The lowest BCUT2D eigenvalue weighted by atomic mass is 10.2. The molecule has 0 aromatic heterocycles. The van der Waals surface area contributed by atoms with Gasteiger partial charge in [-0.2, -0.15) is 0 Å². The highest BCUT2D eigenvalue weighted by Crippen LogP contribution is 2.31. The number of hydrogen-bond donors (Lipinski definition) is 0. The summed E-state index contributed by atoms with van der Waals surface area (Å²) < 4.78 is 39.4. The number of hydrogen-bond acceptors (Lipinski definition) is 7. The lowest BCUT2D eigenvalue weighted by molar-refractivity contribution is -0.149. The summed E-state index contributed by atoms with van der Waals surface area (Å²) in [5.74, 6) is 0.300. The highest BCUT2D eigenvalue weighted by molar-refractivity contribution is 7.91. The van der Waals surface area contributed by atoms with E-state index in [1.165, 1.54) is 11.0 Å². The summed E-state index contributed by atoms with van der Waals surface area (Å²) >= 11 is 0. The molecule has 158 valence electrons. The van der Waals surface area contributed by atoms with E-state index in [-0.39, 0.29) is 23.5 Å². The van der Waals surface area contributed by atoms with E-state index in [2.05, 4.69) is 0 Å². The highest BCUT2D eigenvalue weighted by Gasteiger charge is 2.34. The molecule has 0 N–H and O–H groups in total. The number of benzene rings is 1. The largest absolute Gasteiger partial charge is 0.486 e. The van der Waals surface area contributed by atoms with Crippen LogP contribution < -0.4 is 9.47 Å². The SMILES string of the molecule is CCCN(C(=O)COC(=O)/C=C/c1ccc2c(c1)OCCO2)[C@@H]1CCS(=O)(=O)C1. The Morgan fingerprint density at radius 1 is 1.24 bits per heavy atom. The van der Waals surface area contributed by atoms with Gasteiger partial charge in [0.05, 0.1) is 11.5 Å². The number of nitrogens with zero attached hydrogens (tertiary/aromatic N) is 1. The Labute approximate surface area is 170 Å². The van der Waals surface area contributed by atoms with Crippen molar-refractivity contribution in [3.8, 4) is 11.5 Å². The molecule has 0 aliphatic carbocycles. The first-order valence-electron chi connectivity index (χ1n) is 9.62. The van der Waals surface area contributed by atoms with Crippen molar-refractivity contribution < 1.29 is 32.2 Å². The third-order valence-corrected chi connectivity index (χ3v) is 6.50. The van der Waals surface area contributed by atoms with Crippen LogP contribution >= 0.6 is 0 Å². The van der Waals surface area contributed by atoms with Gasteiger partial charge in [0, 0.05) is 18.7 Å². The molecule has 1 atom stereocenters. The van der Waals surface area contributed by atoms with Crippen LogP contribution in [0.15, 0.2) is 24.3 Å². The maximum atomic E-state index is 12.5. The average Bonchev–Trinajstić information content (AvgIpc) is 3.07. The first kappa shape index (κ1) is 21.2. The Bertz CT molecular complexity index is 894. The minimum atomic E-state index is -3.10. The maximum absolute atomic E-state index is 12.5. The molecule has 0 bridgehead atoms. The minimum absolute atomic E-state index is 0.0310. The molecule has 1 aromatic rings. The van der Waals surface area contributed by atoms with E-state index in [9.17, 15) is 18.0 Å². The zero-order chi connectivity index (χ0) is 20.9. The van der Waals surface area contributed by atoms with Crippen molar-refractivity contribution in [3.05, 3.63) is 29.8 Å². The average molecular weight is 423 g/mol. The van der Waals surface area contributed by atoms with E-state index in [0.29, 0.717) is 44.1 Å². The van der Waals surface area contributed by atoms with Crippen molar-refractivity contribution in [2.75, 3.05) is 37.9 Å². The van der Waals surface area contributed by atoms with Gasteiger partial charge in [0.1, 0.15) is 13.2 Å². The Morgan fingerprint density at radius 2 is 2.00 bits per heavy atom. The van der Waals surface area contributed by atoms with Crippen LogP contribution in [-0.4, -0.2) is 69.1 Å². The minimum Gasteiger partial charge on any atom is -0.486 e. The Kier molecular flexibility index (Phi) is 6.79. The number of sulfone groups is 1. The molecule has 0 radical (unpaired) electrons. The molecule has 29 heavy (non-hydrogen) atoms. The lowest BCUT2D eigenvalue weighted by Crippen LogP contribution is -2.43. The molecule has 2 heterocycles. The van der Waals surface area contributed by atoms with E-state index in [4.69, 9.17) is 14.2 Å². The van der Waals surface area contributed by atoms with Crippen molar-refractivity contribution in [3.63, 3.8) is 0 Å². The monoisotopic (exact) mass is 423 g/mol. The second kappa shape index (κ2) is 9.30. The van der Waals surface area contributed by atoms with Gasteiger partial charge in [0.25, 0.3) is 5.91 Å². The van der Waals surface area contributed by atoms with Gasteiger partial charge in [-0.05, 0) is 36.6 Å². The molecule has 2 aliphatic rings. The predicted octanol–water partition coefficient (Wildman–Crippen LogP) is 1.44. The predicted molar refractivity (Wildman–Crippen MR) is 106 cm³/mol. The first-order valence-corrected chi connectivity index (χ1v) is 11.4. The number of rotatable bonds is 7. The summed E-state index contributed by atoms with van der Waals surface area (Å²) in [5, 5.41) is 0. The van der Waals surface area contributed by atoms with Gasteiger partial charge < -0.3 is 19.1 Å². The number of amides is 1. The van der Waals surface area contributed by atoms with Gasteiger partial charge in [0.2, 0.25) is 0 Å². The standard InChI is InChI=1S/C20H25NO7S/c1-2-8-21(16-7-11-29(24,25)14-16)19(22)13-28-20(23)6-4-15-3-5-17-18(12-15)27-10-9-26-17/h3-6,12,16H,2,7-11,13-14H2,1H3/b6-4+/t16-/m1/s1. The summed E-state index contributed by atoms with van der Waals surface area (Å²) in [6.45, 7) is 2.90. The van der Waals surface area contributed by atoms with E-state index < -0.39 is 22.4 Å². The molecule has 2 aliphatic heterocycles. The third kappa shape index (κ3) is 5.72. The Balaban J connectivity index is 1.53. The number of ether oxygens (including phenoxy) is 3. The molecule has 1 amide bonds. The van der Waals surface area contributed by atoms with Gasteiger partial charge in [-0.25, -0.2) is 13.2 Å². The Morgan fingerprint density at radius 3 is 2.69 bits per heavy atom. The molecule has 1 fully saturated rings. The zero-order valence-corrected chi connectivity index (χ0v) is 17.2. The zero-order valence-electron chi connectivity index (χ0n) is 16.3. The van der Waals surface area contributed by atoms with Crippen LogP contribution in [0, 0.1) is 0 Å². The molecule has 0 spiro atoms. The summed E-state index contributed by atoms with van der Waals surface area (Å²) in [7, 11) is -3.10. The van der Waals surface area contributed by atoms with Crippen LogP contribution in [0.5, 0.6) is 11.5 Å². The molecule has 1 saturated heterocycles. The van der Waals surface area contributed by atoms with E-state index in [1.54, 1.807) is 24.3 Å². The first-order chi connectivity index (χ1) is 13.9. The van der Waals surface area contributed by atoms with Crippen molar-refractivity contribution in [2.45, 2.75) is 25.8 Å². The van der Waals surface area contributed by atoms with Gasteiger partial charge in [-0.1, -0.05) is 13.0 Å². The number of carbonyl (C=O) groups is 2. The van der Waals surface area contributed by atoms with Crippen molar-refractivity contribution >= 4 is 27.8 Å². The fourth-order valence-corrected chi connectivity index (χ4v) is 5.10. The van der Waals surface area contributed by atoms with Crippen LogP contribution in [-0.2, 0) is 24.2 Å². The van der Waals surface area contributed by atoms with Gasteiger partial charge in [-0.3, -0.25) is 4.79 Å². The van der Waals surface area contributed by atoms with Crippen LogP contribution in [0.3, 0.4) is 0 Å². The smallest absolute Gasteiger partial charge is 0.331 e. The maximum Gasteiger partial charge on any atom is 0.331 e. The second-order valence-corrected chi connectivity index (χ2v) is 9.22. The van der Waals surface area contributed by atoms with Crippen LogP contribution in [0.1, 0.15) is 25.3 Å². The van der Waals surface area contributed by atoms with Gasteiger partial charge in [-0.15, -0.1) is 0 Å².